The molecule has 0 heterocycles. The highest BCUT2D eigenvalue weighted by molar-refractivity contribution is 14.1. The van der Waals surface area contributed by atoms with E-state index in [1.807, 2.05) is 43.3 Å². The monoisotopic (exact) mass is 510 g/mol. The van der Waals surface area contributed by atoms with Crippen molar-refractivity contribution in [2.75, 3.05) is 13.2 Å². The van der Waals surface area contributed by atoms with E-state index in [9.17, 15) is 8.42 Å². The molecule has 3 aromatic carbocycles. The zero-order valence-electron chi connectivity index (χ0n) is 15.2. The Balaban J connectivity index is 1.52. The third-order valence-corrected chi connectivity index (χ3v) is 5.94. The molecule has 3 rings (SSSR count). The predicted octanol–water partition coefficient (Wildman–Crippen LogP) is 5.18. The molecule has 0 N–H and O–H groups in total. The van der Waals surface area contributed by atoms with Gasteiger partial charge in [0.2, 0.25) is 0 Å². The van der Waals surface area contributed by atoms with Crippen LogP contribution in [0, 0.1) is 10.5 Å². The van der Waals surface area contributed by atoms with Gasteiger partial charge in [-0.2, -0.15) is 8.42 Å². The van der Waals surface area contributed by atoms with Crippen molar-refractivity contribution >= 4 is 32.7 Å². The summed E-state index contributed by atoms with van der Waals surface area (Å²) in [6.07, 6.45) is 0. The van der Waals surface area contributed by atoms with Crippen LogP contribution in [0.3, 0.4) is 0 Å². The van der Waals surface area contributed by atoms with Gasteiger partial charge in [0.25, 0.3) is 10.1 Å². The maximum Gasteiger partial charge on any atom is 0.297 e. The van der Waals surface area contributed by atoms with Crippen LogP contribution >= 0.6 is 22.6 Å². The normalized spacial score (nSPS) is 11.2. The van der Waals surface area contributed by atoms with E-state index in [2.05, 4.69) is 22.6 Å². The van der Waals surface area contributed by atoms with Crippen molar-refractivity contribution in [1.29, 1.82) is 0 Å². The molecule has 3 aromatic rings. The van der Waals surface area contributed by atoms with Crippen molar-refractivity contribution in [3.05, 3.63) is 81.9 Å². The molecule has 0 saturated heterocycles. The molecule has 0 saturated carbocycles. The molecule has 0 radical (unpaired) electrons. The molecular formula is C21H19IO5S. The highest BCUT2D eigenvalue weighted by Crippen LogP contribution is 2.28. The molecule has 0 aromatic heterocycles. The lowest BCUT2D eigenvalue weighted by molar-refractivity contribution is 0.220. The zero-order valence-corrected chi connectivity index (χ0v) is 18.1. The van der Waals surface area contributed by atoms with Crippen molar-refractivity contribution in [1.82, 2.24) is 0 Å². The summed E-state index contributed by atoms with van der Waals surface area (Å²) < 4.78 is 41.6. The lowest BCUT2D eigenvalue weighted by atomic mass is 10.2. The van der Waals surface area contributed by atoms with Crippen molar-refractivity contribution in [2.45, 2.75) is 11.8 Å². The summed E-state index contributed by atoms with van der Waals surface area (Å²) in [7, 11) is -3.78. The summed E-state index contributed by atoms with van der Waals surface area (Å²) in [6, 6.07) is 21.4. The third-order valence-electron chi connectivity index (χ3n) is 3.77. The molecule has 0 amide bonds. The summed E-state index contributed by atoms with van der Waals surface area (Å²) in [6.45, 7) is 1.93. The fourth-order valence-electron chi connectivity index (χ4n) is 2.36. The van der Waals surface area contributed by atoms with Crippen LogP contribution in [-0.4, -0.2) is 21.6 Å². The molecule has 0 atom stereocenters. The number of ether oxygens (including phenoxy) is 2. The van der Waals surface area contributed by atoms with Gasteiger partial charge in [0.1, 0.15) is 30.5 Å². The Morgan fingerprint density at radius 1 is 0.857 bits per heavy atom. The van der Waals surface area contributed by atoms with Crippen molar-refractivity contribution in [3.8, 4) is 17.2 Å². The standard InChI is InChI=1S/C21H19IO5S/c1-16-7-10-19(11-8-16)28(23,24)26-14-13-25-21-12-9-18(15-20(21)22)27-17-5-3-2-4-6-17/h2-12,15H,13-14H2,1H3. The van der Waals surface area contributed by atoms with Crippen molar-refractivity contribution in [3.63, 3.8) is 0 Å². The molecule has 5 nitrogen and oxygen atoms in total. The minimum absolute atomic E-state index is 0.0748. The van der Waals surface area contributed by atoms with E-state index >= 15 is 0 Å². The zero-order chi connectivity index (χ0) is 20.0. The topological polar surface area (TPSA) is 61.8 Å². The largest absolute Gasteiger partial charge is 0.490 e. The molecule has 0 aliphatic carbocycles. The lowest BCUT2D eigenvalue weighted by Gasteiger charge is -2.11. The highest BCUT2D eigenvalue weighted by atomic mass is 127. The van der Waals surface area contributed by atoms with Crippen LogP contribution in [0.5, 0.6) is 17.2 Å². The summed E-state index contributed by atoms with van der Waals surface area (Å²) in [5.74, 6) is 2.08. The SMILES string of the molecule is Cc1ccc(S(=O)(=O)OCCOc2ccc(Oc3ccccc3)cc2I)cc1. The summed E-state index contributed by atoms with van der Waals surface area (Å²) in [5.41, 5.74) is 0.983. The van der Waals surface area contributed by atoms with Crippen LogP contribution in [0.25, 0.3) is 0 Å². The van der Waals surface area contributed by atoms with Gasteiger partial charge in [0, 0.05) is 0 Å². The van der Waals surface area contributed by atoms with Gasteiger partial charge in [0.15, 0.2) is 0 Å². The Morgan fingerprint density at radius 3 is 2.25 bits per heavy atom. The van der Waals surface area contributed by atoms with Crippen molar-refractivity contribution < 1.29 is 22.1 Å². The second-order valence-corrected chi connectivity index (χ2v) is 8.72. The number of aryl methyl sites for hydroxylation is 1. The number of benzene rings is 3. The fourth-order valence-corrected chi connectivity index (χ4v) is 3.89. The molecule has 0 aliphatic heterocycles. The predicted molar refractivity (Wildman–Crippen MR) is 115 cm³/mol. The van der Waals surface area contributed by atoms with Gasteiger partial charge < -0.3 is 9.47 Å². The minimum atomic E-state index is -3.78. The highest BCUT2D eigenvalue weighted by Gasteiger charge is 2.14. The van der Waals surface area contributed by atoms with Crippen LogP contribution in [0.2, 0.25) is 0 Å². The Kier molecular flexibility index (Phi) is 6.93. The van der Waals surface area contributed by atoms with Crippen LogP contribution in [-0.2, 0) is 14.3 Å². The van der Waals surface area contributed by atoms with E-state index in [0.717, 1.165) is 14.9 Å². The number of para-hydroxylation sites is 1. The van der Waals surface area contributed by atoms with E-state index in [4.69, 9.17) is 13.7 Å². The molecule has 28 heavy (non-hydrogen) atoms. The third kappa shape index (κ3) is 5.70. The second-order valence-electron chi connectivity index (χ2n) is 5.94. The molecule has 0 aliphatic rings. The van der Waals surface area contributed by atoms with Gasteiger partial charge in [0.05, 0.1) is 8.47 Å². The lowest BCUT2D eigenvalue weighted by Crippen LogP contribution is -2.13. The Morgan fingerprint density at radius 2 is 1.57 bits per heavy atom. The van der Waals surface area contributed by atoms with Gasteiger partial charge >= 0.3 is 0 Å². The summed E-state index contributed by atoms with van der Waals surface area (Å²) in [5, 5.41) is 0. The number of hydrogen-bond acceptors (Lipinski definition) is 5. The van der Waals surface area contributed by atoms with E-state index in [-0.39, 0.29) is 18.1 Å². The van der Waals surface area contributed by atoms with Crippen LogP contribution in [0.4, 0.5) is 0 Å². The van der Waals surface area contributed by atoms with Crippen LogP contribution in [0.1, 0.15) is 5.56 Å². The van der Waals surface area contributed by atoms with Gasteiger partial charge in [-0.3, -0.25) is 4.18 Å². The van der Waals surface area contributed by atoms with E-state index in [0.29, 0.717) is 11.5 Å². The number of rotatable bonds is 8. The van der Waals surface area contributed by atoms with Crippen LogP contribution in [0.15, 0.2) is 77.7 Å². The Labute approximate surface area is 178 Å². The average Bonchev–Trinajstić information content (AvgIpc) is 2.68. The second kappa shape index (κ2) is 9.40. The number of hydrogen-bond donors (Lipinski definition) is 0. The van der Waals surface area contributed by atoms with Crippen LogP contribution < -0.4 is 9.47 Å². The smallest absolute Gasteiger partial charge is 0.297 e. The van der Waals surface area contributed by atoms with Gasteiger partial charge in [-0.1, -0.05) is 35.9 Å². The maximum atomic E-state index is 12.1. The quantitative estimate of drug-likeness (QED) is 0.238. The Bertz CT molecular complexity index is 1020. The fraction of sp³-hybridized carbons (Fsp3) is 0.143. The number of halogens is 1. The first-order chi connectivity index (χ1) is 13.4. The Hall–Kier alpha value is -2.10. The molecule has 0 unspecified atom stereocenters. The average molecular weight is 510 g/mol. The van der Waals surface area contributed by atoms with Gasteiger partial charge in [-0.25, -0.2) is 0 Å². The molecule has 0 fully saturated rings. The van der Waals surface area contributed by atoms with Gasteiger partial charge in [-0.15, -0.1) is 0 Å². The van der Waals surface area contributed by atoms with E-state index < -0.39 is 10.1 Å². The van der Waals surface area contributed by atoms with Crippen molar-refractivity contribution in [2.24, 2.45) is 0 Å². The molecule has 146 valence electrons. The summed E-state index contributed by atoms with van der Waals surface area (Å²) >= 11 is 2.14. The van der Waals surface area contributed by atoms with E-state index in [1.165, 1.54) is 12.1 Å². The first kappa shape index (κ1) is 20.6. The van der Waals surface area contributed by atoms with E-state index in [1.54, 1.807) is 24.3 Å². The summed E-state index contributed by atoms with van der Waals surface area (Å²) in [4.78, 5) is 0.134. The first-order valence-electron chi connectivity index (χ1n) is 8.55. The van der Waals surface area contributed by atoms with Gasteiger partial charge in [-0.05, 0) is 72.0 Å². The minimum Gasteiger partial charge on any atom is -0.490 e. The first-order valence-corrected chi connectivity index (χ1v) is 11.0. The molecule has 0 spiro atoms. The molecule has 0 bridgehead atoms. The molecule has 7 heteroatoms. The molecular weight excluding hydrogens is 491 g/mol. The maximum absolute atomic E-state index is 12.1.